The van der Waals surface area contributed by atoms with Gasteiger partial charge in [-0.3, -0.25) is 4.79 Å². The van der Waals surface area contributed by atoms with Gasteiger partial charge in [0.1, 0.15) is 5.75 Å². The first kappa shape index (κ1) is 19.2. The van der Waals surface area contributed by atoms with Crippen LogP contribution in [0.15, 0.2) is 42.6 Å². The lowest BCUT2D eigenvalue weighted by molar-refractivity contribution is -0.140. The fourth-order valence-corrected chi connectivity index (χ4v) is 2.96. The van der Waals surface area contributed by atoms with E-state index in [1.807, 2.05) is 36.4 Å². The van der Waals surface area contributed by atoms with Crippen molar-refractivity contribution in [1.29, 1.82) is 0 Å². The van der Waals surface area contributed by atoms with Crippen molar-refractivity contribution in [3.8, 4) is 17.0 Å². The van der Waals surface area contributed by atoms with Crippen LogP contribution in [0.25, 0.3) is 16.8 Å². The number of unbranched alkanes of at least 4 members (excludes halogenated alkanes) is 3. The summed E-state index contributed by atoms with van der Waals surface area (Å²) < 4.78 is 12.2. The van der Waals surface area contributed by atoms with E-state index in [2.05, 4.69) is 14.8 Å². The molecule has 0 atom stereocenters. The van der Waals surface area contributed by atoms with Crippen LogP contribution >= 0.6 is 11.6 Å². The molecular weight excluding hydrogens is 366 g/mol. The van der Waals surface area contributed by atoms with Crippen LogP contribution < -0.4 is 4.74 Å². The third kappa shape index (κ3) is 5.20. The largest absolute Gasteiger partial charge is 0.494 e. The lowest BCUT2D eigenvalue weighted by Gasteiger charge is -2.07. The maximum atomic E-state index is 11.0. The topological polar surface area (TPSA) is 65.7 Å². The molecule has 3 rings (SSSR count). The van der Waals surface area contributed by atoms with Crippen molar-refractivity contribution in [3.63, 3.8) is 0 Å². The van der Waals surface area contributed by atoms with Gasteiger partial charge in [-0.1, -0.05) is 12.8 Å². The number of nitrogens with zero attached hydrogens (tertiary/aromatic N) is 3. The Morgan fingerprint density at radius 3 is 2.63 bits per heavy atom. The van der Waals surface area contributed by atoms with Crippen molar-refractivity contribution >= 4 is 23.1 Å². The normalized spacial score (nSPS) is 10.9. The molecule has 3 aromatic rings. The molecule has 0 aliphatic rings. The van der Waals surface area contributed by atoms with E-state index in [1.54, 1.807) is 10.7 Å². The number of fused-ring (bicyclic) bond motifs is 1. The Hall–Kier alpha value is -2.60. The second-order valence-corrected chi connectivity index (χ2v) is 6.53. The van der Waals surface area contributed by atoms with E-state index in [1.165, 1.54) is 7.11 Å². The number of methoxy groups -OCH3 is 1. The molecule has 2 heterocycles. The van der Waals surface area contributed by atoms with Gasteiger partial charge in [-0.2, -0.15) is 0 Å². The van der Waals surface area contributed by atoms with Gasteiger partial charge < -0.3 is 9.47 Å². The highest BCUT2D eigenvalue weighted by molar-refractivity contribution is 6.28. The Kier molecular flexibility index (Phi) is 6.65. The molecule has 0 bridgehead atoms. The summed E-state index contributed by atoms with van der Waals surface area (Å²) in [5.74, 6) is 0.692. The van der Waals surface area contributed by atoms with Gasteiger partial charge in [-0.05, 0) is 60.8 Å². The molecule has 0 saturated heterocycles. The molecule has 0 amide bonds. The fourth-order valence-electron chi connectivity index (χ4n) is 2.84. The van der Waals surface area contributed by atoms with Gasteiger partial charge in [0.25, 0.3) is 0 Å². The van der Waals surface area contributed by atoms with Crippen molar-refractivity contribution in [2.24, 2.45) is 0 Å². The fraction of sp³-hybridized carbons (Fsp3) is 0.350. The Labute approximate surface area is 163 Å². The van der Waals surface area contributed by atoms with Gasteiger partial charge in [0, 0.05) is 12.0 Å². The van der Waals surface area contributed by atoms with Crippen LogP contribution in [0.1, 0.15) is 32.1 Å². The predicted molar refractivity (Wildman–Crippen MR) is 104 cm³/mol. The minimum Gasteiger partial charge on any atom is -0.494 e. The van der Waals surface area contributed by atoms with Crippen molar-refractivity contribution in [2.75, 3.05) is 13.7 Å². The Balaban J connectivity index is 1.48. The van der Waals surface area contributed by atoms with E-state index < -0.39 is 0 Å². The first-order chi connectivity index (χ1) is 13.2. The Morgan fingerprint density at radius 1 is 1.07 bits per heavy atom. The van der Waals surface area contributed by atoms with Crippen LogP contribution in [0.4, 0.5) is 0 Å². The van der Waals surface area contributed by atoms with Gasteiger partial charge in [0.2, 0.25) is 5.28 Å². The molecule has 0 fully saturated rings. The quantitative estimate of drug-likeness (QED) is 0.398. The monoisotopic (exact) mass is 387 g/mol. The summed E-state index contributed by atoms with van der Waals surface area (Å²) in [5.41, 5.74) is 2.87. The van der Waals surface area contributed by atoms with E-state index >= 15 is 0 Å². The van der Waals surface area contributed by atoms with Gasteiger partial charge in [0.15, 0.2) is 0 Å². The van der Waals surface area contributed by atoms with Crippen LogP contribution in [0.3, 0.4) is 0 Å². The maximum absolute atomic E-state index is 11.0. The number of rotatable bonds is 9. The number of benzene rings is 1. The molecule has 0 unspecified atom stereocenters. The van der Waals surface area contributed by atoms with Gasteiger partial charge in [-0.15, -0.1) is 5.10 Å². The number of esters is 1. The van der Waals surface area contributed by atoms with E-state index in [-0.39, 0.29) is 11.3 Å². The lowest BCUT2D eigenvalue weighted by atomic mass is 10.1. The average molecular weight is 388 g/mol. The molecule has 0 radical (unpaired) electrons. The molecule has 0 saturated carbocycles. The van der Waals surface area contributed by atoms with E-state index in [9.17, 15) is 4.79 Å². The standard InChI is InChI=1S/C20H22ClN3O3/c1-26-19(25)6-4-2-3-5-13-27-17-10-7-15(8-11-17)18-12-9-16-14-22-20(21)23-24(16)18/h7-12,14H,2-6,13H2,1H3. The van der Waals surface area contributed by atoms with E-state index in [0.717, 1.165) is 48.2 Å². The summed E-state index contributed by atoms with van der Waals surface area (Å²) in [6, 6.07) is 11.9. The minimum absolute atomic E-state index is 0.143. The summed E-state index contributed by atoms with van der Waals surface area (Å²) in [6.45, 7) is 0.661. The molecule has 0 spiro atoms. The second-order valence-electron chi connectivity index (χ2n) is 6.20. The molecule has 6 nitrogen and oxygen atoms in total. The van der Waals surface area contributed by atoms with Gasteiger partial charge in [-0.25, -0.2) is 9.50 Å². The SMILES string of the molecule is COC(=O)CCCCCCOc1ccc(-c2ccc3cnc(Cl)nn23)cc1. The van der Waals surface area contributed by atoms with Crippen LogP contribution in [0, 0.1) is 0 Å². The highest BCUT2D eigenvalue weighted by Gasteiger charge is 2.07. The summed E-state index contributed by atoms with van der Waals surface area (Å²) in [6.07, 6.45) is 6.04. The number of aromatic nitrogens is 3. The van der Waals surface area contributed by atoms with Crippen LogP contribution in [-0.4, -0.2) is 34.3 Å². The van der Waals surface area contributed by atoms with Crippen molar-refractivity contribution in [2.45, 2.75) is 32.1 Å². The summed E-state index contributed by atoms with van der Waals surface area (Å²) >= 11 is 5.90. The molecule has 0 aliphatic carbocycles. The number of hydrogen-bond acceptors (Lipinski definition) is 5. The Morgan fingerprint density at radius 2 is 1.85 bits per heavy atom. The first-order valence-electron chi connectivity index (χ1n) is 8.98. The third-order valence-corrected chi connectivity index (χ3v) is 4.47. The van der Waals surface area contributed by atoms with Crippen LogP contribution in [0.2, 0.25) is 5.28 Å². The van der Waals surface area contributed by atoms with Crippen LogP contribution in [0.5, 0.6) is 5.75 Å². The molecule has 142 valence electrons. The highest BCUT2D eigenvalue weighted by Crippen LogP contribution is 2.24. The maximum Gasteiger partial charge on any atom is 0.305 e. The second kappa shape index (κ2) is 9.37. The zero-order valence-electron chi connectivity index (χ0n) is 15.2. The van der Waals surface area contributed by atoms with E-state index in [0.29, 0.717) is 13.0 Å². The number of halogens is 1. The molecule has 7 heteroatoms. The summed E-state index contributed by atoms with van der Waals surface area (Å²) in [7, 11) is 1.42. The number of carbonyl (C=O) groups excluding carboxylic acids is 1. The third-order valence-electron chi connectivity index (χ3n) is 4.29. The molecule has 0 aliphatic heterocycles. The zero-order chi connectivity index (χ0) is 19.1. The lowest BCUT2D eigenvalue weighted by Crippen LogP contribution is -2.00. The van der Waals surface area contributed by atoms with Crippen LogP contribution in [-0.2, 0) is 9.53 Å². The van der Waals surface area contributed by atoms with Gasteiger partial charge >= 0.3 is 5.97 Å². The smallest absolute Gasteiger partial charge is 0.305 e. The molecular formula is C20H22ClN3O3. The molecule has 27 heavy (non-hydrogen) atoms. The average Bonchev–Trinajstić information content (AvgIpc) is 3.10. The predicted octanol–water partition coefficient (Wildman–Crippen LogP) is 4.55. The van der Waals surface area contributed by atoms with Gasteiger partial charge in [0.05, 0.1) is 31.1 Å². The molecule has 2 aromatic heterocycles. The summed E-state index contributed by atoms with van der Waals surface area (Å²) in [4.78, 5) is 15.0. The molecule has 0 N–H and O–H groups in total. The number of hydrogen-bond donors (Lipinski definition) is 0. The van der Waals surface area contributed by atoms with Crippen molar-refractivity contribution in [1.82, 2.24) is 14.6 Å². The highest BCUT2D eigenvalue weighted by atomic mass is 35.5. The van der Waals surface area contributed by atoms with Crippen molar-refractivity contribution < 1.29 is 14.3 Å². The molecule has 1 aromatic carbocycles. The first-order valence-corrected chi connectivity index (χ1v) is 9.35. The number of ether oxygens (including phenoxy) is 2. The summed E-state index contributed by atoms with van der Waals surface area (Å²) in [5, 5.41) is 4.46. The minimum atomic E-state index is -0.143. The Bertz CT molecular complexity index is 893. The van der Waals surface area contributed by atoms with E-state index in [4.69, 9.17) is 16.3 Å². The number of carbonyl (C=O) groups is 1. The van der Waals surface area contributed by atoms with Crippen molar-refractivity contribution in [3.05, 3.63) is 47.9 Å². The zero-order valence-corrected chi connectivity index (χ0v) is 16.0.